The zero-order chi connectivity index (χ0) is 24.1. The van der Waals surface area contributed by atoms with Gasteiger partial charge < -0.3 is 14.5 Å². The van der Waals surface area contributed by atoms with E-state index in [2.05, 4.69) is 31.2 Å². The second kappa shape index (κ2) is 10.6. The second-order valence-corrected chi connectivity index (χ2v) is 8.65. The molecule has 1 atom stereocenters. The van der Waals surface area contributed by atoms with Gasteiger partial charge in [0.25, 0.3) is 11.8 Å². The van der Waals surface area contributed by atoms with Crippen molar-refractivity contribution in [1.82, 2.24) is 9.80 Å². The molecule has 0 unspecified atom stereocenters. The van der Waals surface area contributed by atoms with Crippen LogP contribution in [0.2, 0.25) is 0 Å². The Hall–Kier alpha value is -3.60. The van der Waals surface area contributed by atoms with Crippen molar-refractivity contribution in [2.45, 2.75) is 33.2 Å². The topological polar surface area (TPSA) is 49.9 Å². The fourth-order valence-electron chi connectivity index (χ4n) is 4.66. The van der Waals surface area contributed by atoms with Gasteiger partial charge in [-0.05, 0) is 68.1 Å². The van der Waals surface area contributed by atoms with Crippen LogP contribution in [0, 0.1) is 6.92 Å². The van der Waals surface area contributed by atoms with Crippen molar-refractivity contribution in [3.8, 4) is 5.75 Å². The monoisotopic (exact) mass is 456 g/mol. The molecular weight excluding hydrogens is 424 g/mol. The van der Waals surface area contributed by atoms with Crippen molar-refractivity contribution in [3.63, 3.8) is 0 Å². The van der Waals surface area contributed by atoms with Crippen molar-refractivity contribution in [2.75, 3.05) is 26.2 Å². The molecule has 0 fully saturated rings. The minimum absolute atomic E-state index is 0.00222. The van der Waals surface area contributed by atoms with Crippen LogP contribution in [0.15, 0.2) is 72.8 Å². The van der Waals surface area contributed by atoms with E-state index < -0.39 is 0 Å². The molecule has 2 amide bonds. The standard InChI is InChI=1S/C29H32N2O3/c1-4-30(5-2)27(32)20-34-25-15-14-22-16-17-31(29(33)23-11-7-6-8-12-23)28(26(22)19-25)24-13-9-10-21(3)18-24/h6-15,18-19,28H,4-5,16-17,20H2,1-3H3/t28-/m0/s1. The van der Waals surface area contributed by atoms with Gasteiger partial charge in [-0.25, -0.2) is 0 Å². The molecule has 3 aromatic carbocycles. The zero-order valence-electron chi connectivity index (χ0n) is 20.2. The van der Waals surface area contributed by atoms with E-state index in [4.69, 9.17) is 4.74 Å². The van der Waals surface area contributed by atoms with Crippen LogP contribution in [-0.4, -0.2) is 47.9 Å². The molecule has 0 spiro atoms. The first kappa shape index (κ1) is 23.6. The second-order valence-electron chi connectivity index (χ2n) is 8.65. The molecule has 176 valence electrons. The van der Waals surface area contributed by atoms with Crippen LogP contribution in [-0.2, 0) is 11.2 Å². The van der Waals surface area contributed by atoms with E-state index in [1.807, 2.05) is 67.3 Å². The molecule has 5 nitrogen and oxygen atoms in total. The number of nitrogens with zero attached hydrogens (tertiary/aromatic N) is 2. The molecule has 3 aromatic rings. The molecule has 4 rings (SSSR count). The van der Waals surface area contributed by atoms with Crippen molar-refractivity contribution in [3.05, 3.63) is 101 Å². The van der Waals surface area contributed by atoms with E-state index in [0.29, 0.717) is 30.9 Å². The average molecular weight is 457 g/mol. The summed E-state index contributed by atoms with van der Waals surface area (Å²) in [5.41, 5.74) is 5.15. The maximum atomic E-state index is 13.6. The van der Waals surface area contributed by atoms with E-state index in [1.54, 1.807) is 4.90 Å². The van der Waals surface area contributed by atoms with Gasteiger partial charge in [0, 0.05) is 25.2 Å². The van der Waals surface area contributed by atoms with Crippen molar-refractivity contribution < 1.29 is 14.3 Å². The number of hydrogen-bond acceptors (Lipinski definition) is 3. The number of ether oxygens (including phenoxy) is 1. The van der Waals surface area contributed by atoms with Gasteiger partial charge in [-0.15, -0.1) is 0 Å². The summed E-state index contributed by atoms with van der Waals surface area (Å²) in [5.74, 6) is 0.630. The minimum Gasteiger partial charge on any atom is -0.484 e. The molecule has 0 aromatic heterocycles. The fraction of sp³-hybridized carbons (Fsp3) is 0.310. The summed E-state index contributed by atoms with van der Waals surface area (Å²) in [6, 6.07) is 23.5. The summed E-state index contributed by atoms with van der Waals surface area (Å²) in [4.78, 5) is 29.7. The molecule has 5 heteroatoms. The van der Waals surface area contributed by atoms with Gasteiger partial charge in [0.05, 0.1) is 6.04 Å². The molecule has 1 aliphatic rings. The van der Waals surface area contributed by atoms with Gasteiger partial charge in [-0.3, -0.25) is 9.59 Å². The van der Waals surface area contributed by atoms with Crippen LogP contribution in [0.5, 0.6) is 5.75 Å². The van der Waals surface area contributed by atoms with Crippen LogP contribution in [0.3, 0.4) is 0 Å². The molecule has 1 aliphatic heterocycles. The third kappa shape index (κ3) is 4.98. The summed E-state index contributed by atoms with van der Waals surface area (Å²) in [6.07, 6.45) is 0.773. The van der Waals surface area contributed by atoms with Gasteiger partial charge in [0.15, 0.2) is 6.61 Å². The van der Waals surface area contributed by atoms with Gasteiger partial charge in [0.1, 0.15) is 5.75 Å². The van der Waals surface area contributed by atoms with Gasteiger partial charge in [0.2, 0.25) is 0 Å². The normalized spacial score (nSPS) is 14.9. The lowest BCUT2D eigenvalue weighted by Gasteiger charge is -2.38. The Morgan fingerprint density at radius 2 is 1.74 bits per heavy atom. The minimum atomic E-state index is -0.224. The Balaban J connectivity index is 1.69. The number of rotatable bonds is 7. The van der Waals surface area contributed by atoms with Crippen molar-refractivity contribution in [1.29, 1.82) is 0 Å². The van der Waals surface area contributed by atoms with E-state index in [1.165, 1.54) is 5.56 Å². The number of hydrogen-bond donors (Lipinski definition) is 0. The molecule has 34 heavy (non-hydrogen) atoms. The zero-order valence-corrected chi connectivity index (χ0v) is 20.2. The molecule has 0 radical (unpaired) electrons. The molecule has 0 saturated heterocycles. The highest BCUT2D eigenvalue weighted by molar-refractivity contribution is 5.95. The smallest absolute Gasteiger partial charge is 0.260 e. The maximum Gasteiger partial charge on any atom is 0.260 e. The van der Waals surface area contributed by atoms with Crippen LogP contribution < -0.4 is 4.74 Å². The fourth-order valence-corrected chi connectivity index (χ4v) is 4.66. The summed E-state index contributed by atoms with van der Waals surface area (Å²) < 4.78 is 5.91. The maximum absolute atomic E-state index is 13.6. The lowest BCUT2D eigenvalue weighted by atomic mass is 9.87. The van der Waals surface area contributed by atoms with Crippen LogP contribution >= 0.6 is 0 Å². The summed E-state index contributed by atoms with van der Waals surface area (Å²) in [7, 11) is 0. The lowest BCUT2D eigenvalue weighted by Crippen LogP contribution is -2.40. The van der Waals surface area contributed by atoms with Crippen LogP contribution in [0.1, 0.15) is 52.5 Å². The number of aryl methyl sites for hydroxylation is 1. The third-order valence-electron chi connectivity index (χ3n) is 6.46. The largest absolute Gasteiger partial charge is 0.484 e. The Kier molecular flexibility index (Phi) is 7.31. The molecule has 0 N–H and O–H groups in total. The average Bonchev–Trinajstić information content (AvgIpc) is 2.87. The lowest BCUT2D eigenvalue weighted by molar-refractivity contribution is -0.132. The molecule has 0 saturated carbocycles. The van der Waals surface area contributed by atoms with E-state index in [9.17, 15) is 9.59 Å². The van der Waals surface area contributed by atoms with Gasteiger partial charge >= 0.3 is 0 Å². The van der Waals surface area contributed by atoms with Gasteiger partial charge in [-0.1, -0.05) is 54.1 Å². The SMILES string of the molecule is CCN(CC)C(=O)COc1ccc2c(c1)[C@H](c1cccc(C)c1)N(C(=O)c1ccccc1)CC2. The van der Waals surface area contributed by atoms with E-state index in [0.717, 1.165) is 23.1 Å². The summed E-state index contributed by atoms with van der Waals surface area (Å²) in [6.45, 7) is 7.96. The number of carbonyl (C=O) groups is 2. The molecule has 0 aliphatic carbocycles. The highest BCUT2D eigenvalue weighted by Crippen LogP contribution is 2.38. The third-order valence-corrected chi connectivity index (χ3v) is 6.46. The van der Waals surface area contributed by atoms with Crippen LogP contribution in [0.4, 0.5) is 0 Å². The number of fused-ring (bicyclic) bond motifs is 1. The molecule has 0 bridgehead atoms. The number of amides is 2. The summed E-state index contributed by atoms with van der Waals surface area (Å²) in [5, 5.41) is 0. The quantitative estimate of drug-likeness (QED) is 0.501. The first-order chi connectivity index (χ1) is 16.5. The Labute approximate surface area is 202 Å². The van der Waals surface area contributed by atoms with E-state index >= 15 is 0 Å². The number of carbonyl (C=O) groups excluding carboxylic acids is 2. The highest BCUT2D eigenvalue weighted by Gasteiger charge is 2.33. The van der Waals surface area contributed by atoms with E-state index in [-0.39, 0.29) is 24.5 Å². The summed E-state index contributed by atoms with van der Waals surface area (Å²) >= 11 is 0. The van der Waals surface area contributed by atoms with Crippen LogP contribution in [0.25, 0.3) is 0 Å². The Bertz CT molecular complexity index is 1160. The Morgan fingerprint density at radius 1 is 0.971 bits per heavy atom. The number of likely N-dealkylation sites (N-methyl/N-ethyl adjacent to an activating group) is 1. The van der Waals surface area contributed by atoms with Gasteiger partial charge in [-0.2, -0.15) is 0 Å². The molecule has 1 heterocycles. The number of benzene rings is 3. The Morgan fingerprint density at radius 3 is 2.44 bits per heavy atom. The van der Waals surface area contributed by atoms with Crippen molar-refractivity contribution >= 4 is 11.8 Å². The molecular formula is C29H32N2O3. The van der Waals surface area contributed by atoms with Crippen molar-refractivity contribution in [2.24, 2.45) is 0 Å². The first-order valence-electron chi connectivity index (χ1n) is 12.0. The predicted octanol–water partition coefficient (Wildman–Crippen LogP) is 5.03. The first-order valence-corrected chi connectivity index (χ1v) is 12.0. The highest BCUT2D eigenvalue weighted by atomic mass is 16.5. The predicted molar refractivity (Wildman–Crippen MR) is 134 cm³/mol.